The monoisotopic (exact) mass is 227 g/mol. The number of nitrogens with zero attached hydrogens (tertiary/aromatic N) is 2. The average Bonchev–Trinajstić information content (AvgIpc) is 2.27. The molecule has 16 heavy (non-hydrogen) atoms. The maximum atomic E-state index is 5.74. The molecular formula is C12H25N3O. The molecule has 0 aromatic carbocycles. The van der Waals surface area contributed by atoms with Crippen LogP contribution in [0.1, 0.15) is 13.8 Å². The SMILES string of the molecule is CC1CN(CCN2CCNCC2)CC(C)O1. The molecule has 4 heteroatoms. The summed E-state index contributed by atoms with van der Waals surface area (Å²) >= 11 is 0. The van der Waals surface area contributed by atoms with Crippen molar-refractivity contribution in [3.05, 3.63) is 0 Å². The summed E-state index contributed by atoms with van der Waals surface area (Å²) in [6.07, 6.45) is 0.790. The summed E-state index contributed by atoms with van der Waals surface area (Å²) in [4.78, 5) is 5.10. The van der Waals surface area contributed by atoms with Gasteiger partial charge in [0.15, 0.2) is 0 Å². The third-order valence-electron chi connectivity index (χ3n) is 3.44. The molecule has 0 radical (unpaired) electrons. The van der Waals surface area contributed by atoms with Gasteiger partial charge in [-0.25, -0.2) is 0 Å². The number of rotatable bonds is 3. The molecule has 2 unspecified atom stereocenters. The van der Waals surface area contributed by atoms with Gasteiger partial charge in [0.25, 0.3) is 0 Å². The van der Waals surface area contributed by atoms with E-state index in [1.807, 2.05) is 0 Å². The molecule has 0 aromatic heterocycles. The van der Waals surface area contributed by atoms with Gasteiger partial charge >= 0.3 is 0 Å². The van der Waals surface area contributed by atoms with Gasteiger partial charge in [-0.2, -0.15) is 0 Å². The van der Waals surface area contributed by atoms with Gasteiger partial charge in [0.05, 0.1) is 12.2 Å². The maximum absolute atomic E-state index is 5.74. The van der Waals surface area contributed by atoms with Crippen molar-refractivity contribution in [1.29, 1.82) is 0 Å². The third kappa shape index (κ3) is 3.70. The highest BCUT2D eigenvalue weighted by Crippen LogP contribution is 2.10. The van der Waals surface area contributed by atoms with Crippen LogP contribution in [-0.4, -0.2) is 74.4 Å². The molecule has 94 valence electrons. The lowest BCUT2D eigenvalue weighted by Crippen LogP contribution is -2.50. The lowest BCUT2D eigenvalue weighted by Gasteiger charge is -2.37. The number of hydrogen-bond acceptors (Lipinski definition) is 4. The number of hydrogen-bond donors (Lipinski definition) is 1. The first-order chi connectivity index (χ1) is 7.74. The van der Waals surface area contributed by atoms with Gasteiger partial charge in [-0.05, 0) is 13.8 Å². The third-order valence-corrected chi connectivity index (χ3v) is 3.44. The fourth-order valence-electron chi connectivity index (χ4n) is 2.68. The Hall–Kier alpha value is -0.160. The predicted molar refractivity (Wildman–Crippen MR) is 65.8 cm³/mol. The minimum absolute atomic E-state index is 0.395. The fourth-order valence-corrected chi connectivity index (χ4v) is 2.68. The molecule has 0 aromatic rings. The van der Waals surface area contributed by atoms with Crippen LogP contribution >= 0.6 is 0 Å². The molecule has 0 aliphatic carbocycles. The summed E-state index contributed by atoms with van der Waals surface area (Å²) in [6.45, 7) is 13.6. The Morgan fingerprint density at radius 2 is 1.56 bits per heavy atom. The summed E-state index contributed by atoms with van der Waals surface area (Å²) in [5, 5.41) is 3.39. The summed E-state index contributed by atoms with van der Waals surface area (Å²) in [5.74, 6) is 0. The van der Waals surface area contributed by atoms with E-state index in [1.54, 1.807) is 0 Å². The van der Waals surface area contributed by atoms with Crippen LogP contribution in [0, 0.1) is 0 Å². The van der Waals surface area contributed by atoms with E-state index in [2.05, 4.69) is 29.0 Å². The Morgan fingerprint density at radius 3 is 2.19 bits per heavy atom. The summed E-state index contributed by atoms with van der Waals surface area (Å²) in [5.41, 5.74) is 0. The first kappa shape index (κ1) is 12.3. The van der Waals surface area contributed by atoms with E-state index >= 15 is 0 Å². The lowest BCUT2D eigenvalue weighted by molar-refractivity contribution is -0.0694. The van der Waals surface area contributed by atoms with Gasteiger partial charge in [-0.15, -0.1) is 0 Å². The van der Waals surface area contributed by atoms with E-state index < -0.39 is 0 Å². The standard InChI is InChI=1S/C12H25N3O/c1-11-9-15(10-12(2)16-11)8-7-14-5-3-13-4-6-14/h11-13H,3-10H2,1-2H3. The van der Waals surface area contributed by atoms with Crippen molar-refractivity contribution >= 4 is 0 Å². The van der Waals surface area contributed by atoms with Crippen molar-refractivity contribution in [2.24, 2.45) is 0 Å². The van der Waals surface area contributed by atoms with E-state index in [4.69, 9.17) is 4.74 Å². The van der Waals surface area contributed by atoms with E-state index in [0.29, 0.717) is 12.2 Å². The van der Waals surface area contributed by atoms with Crippen LogP contribution in [0.4, 0.5) is 0 Å². The van der Waals surface area contributed by atoms with Crippen molar-refractivity contribution in [1.82, 2.24) is 15.1 Å². The van der Waals surface area contributed by atoms with Gasteiger partial charge < -0.3 is 10.1 Å². The Bertz CT molecular complexity index is 196. The molecule has 0 amide bonds. The Labute approximate surface area is 98.9 Å². The molecule has 2 rings (SSSR count). The summed E-state index contributed by atoms with van der Waals surface area (Å²) < 4.78 is 5.74. The summed E-state index contributed by atoms with van der Waals surface area (Å²) in [7, 11) is 0. The number of morpholine rings is 1. The Balaban J connectivity index is 1.68. The van der Waals surface area contributed by atoms with E-state index in [1.165, 1.54) is 26.2 Å². The normalized spacial score (nSPS) is 34.1. The maximum Gasteiger partial charge on any atom is 0.0678 e. The topological polar surface area (TPSA) is 27.7 Å². The number of nitrogens with one attached hydrogen (secondary N) is 1. The highest BCUT2D eigenvalue weighted by Gasteiger charge is 2.22. The fraction of sp³-hybridized carbons (Fsp3) is 1.00. The molecule has 2 aliphatic heterocycles. The molecular weight excluding hydrogens is 202 g/mol. The van der Waals surface area contributed by atoms with Gasteiger partial charge in [0.2, 0.25) is 0 Å². The van der Waals surface area contributed by atoms with Crippen LogP contribution in [0.15, 0.2) is 0 Å². The zero-order valence-electron chi connectivity index (χ0n) is 10.6. The Morgan fingerprint density at radius 1 is 1.00 bits per heavy atom. The zero-order valence-corrected chi connectivity index (χ0v) is 10.6. The van der Waals surface area contributed by atoms with Gasteiger partial charge in [-0.3, -0.25) is 9.80 Å². The van der Waals surface area contributed by atoms with Crippen molar-refractivity contribution in [2.75, 3.05) is 52.4 Å². The van der Waals surface area contributed by atoms with Crippen molar-refractivity contribution in [2.45, 2.75) is 26.1 Å². The van der Waals surface area contributed by atoms with E-state index in [9.17, 15) is 0 Å². The van der Waals surface area contributed by atoms with Crippen LogP contribution in [0.25, 0.3) is 0 Å². The molecule has 1 N–H and O–H groups in total. The van der Waals surface area contributed by atoms with Crippen molar-refractivity contribution in [3.63, 3.8) is 0 Å². The quantitative estimate of drug-likeness (QED) is 0.734. The highest BCUT2D eigenvalue weighted by molar-refractivity contribution is 4.75. The van der Waals surface area contributed by atoms with E-state index in [-0.39, 0.29) is 0 Å². The molecule has 0 bridgehead atoms. The van der Waals surface area contributed by atoms with Crippen LogP contribution in [0.2, 0.25) is 0 Å². The highest BCUT2D eigenvalue weighted by atomic mass is 16.5. The lowest BCUT2D eigenvalue weighted by atomic mass is 10.2. The van der Waals surface area contributed by atoms with Gasteiger partial charge in [0.1, 0.15) is 0 Å². The minimum Gasteiger partial charge on any atom is -0.373 e. The first-order valence-electron chi connectivity index (χ1n) is 6.55. The molecule has 4 nitrogen and oxygen atoms in total. The second-order valence-corrected chi connectivity index (χ2v) is 5.11. The van der Waals surface area contributed by atoms with Gasteiger partial charge in [-0.1, -0.05) is 0 Å². The van der Waals surface area contributed by atoms with Crippen LogP contribution in [0.5, 0.6) is 0 Å². The van der Waals surface area contributed by atoms with Crippen LogP contribution in [-0.2, 0) is 4.74 Å². The predicted octanol–water partition coefficient (Wildman–Crippen LogP) is 0.000800. The van der Waals surface area contributed by atoms with Gasteiger partial charge in [0, 0.05) is 52.4 Å². The van der Waals surface area contributed by atoms with Crippen molar-refractivity contribution < 1.29 is 4.74 Å². The second kappa shape index (κ2) is 5.96. The minimum atomic E-state index is 0.395. The number of ether oxygens (including phenoxy) is 1. The molecule has 2 atom stereocenters. The number of piperazine rings is 1. The smallest absolute Gasteiger partial charge is 0.0678 e. The molecule has 2 fully saturated rings. The second-order valence-electron chi connectivity index (χ2n) is 5.11. The molecule has 2 aliphatic rings. The average molecular weight is 227 g/mol. The molecule has 2 saturated heterocycles. The molecule has 2 heterocycles. The van der Waals surface area contributed by atoms with Crippen LogP contribution in [0.3, 0.4) is 0 Å². The van der Waals surface area contributed by atoms with Crippen molar-refractivity contribution in [3.8, 4) is 0 Å². The van der Waals surface area contributed by atoms with Crippen LogP contribution < -0.4 is 5.32 Å². The summed E-state index contributed by atoms with van der Waals surface area (Å²) in [6, 6.07) is 0. The van der Waals surface area contributed by atoms with E-state index in [0.717, 1.165) is 26.2 Å². The Kier molecular flexibility index (Phi) is 4.58. The zero-order chi connectivity index (χ0) is 11.4. The first-order valence-corrected chi connectivity index (χ1v) is 6.55. The molecule has 0 spiro atoms. The molecule has 0 saturated carbocycles. The largest absolute Gasteiger partial charge is 0.373 e.